The first kappa shape index (κ1) is 22.9. The summed E-state index contributed by atoms with van der Waals surface area (Å²) in [7, 11) is 0. The van der Waals surface area contributed by atoms with E-state index in [1.54, 1.807) is 48.5 Å². The first-order valence-electron chi connectivity index (χ1n) is 9.38. The van der Waals surface area contributed by atoms with Gasteiger partial charge in [0.15, 0.2) is 6.61 Å². The second-order valence-corrected chi connectivity index (χ2v) is 6.63. The van der Waals surface area contributed by atoms with Gasteiger partial charge in [-0.3, -0.25) is 14.4 Å². The Morgan fingerprint density at radius 2 is 1.90 bits per heavy atom. The molecule has 0 fully saturated rings. The van der Waals surface area contributed by atoms with Crippen molar-refractivity contribution in [1.29, 1.82) is 0 Å². The minimum Gasteiger partial charge on any atom is -0.483 e. The molecule has 0 aliphatic heterocycles. The Kier molecular flexibility index (Phi) is 9.33. The number of rotatable bonds is 9. The van der Waals surface area contributed by atoms with E-state index in [1.807, 2.05) is 6.92 Å². The lowest BCUT2D eigenvalue weighted by Crippen LogP contribution is -2.38. The standard InChI is InChI=1S/C21H23ClN4O4/c1-2-3-11-23-20(28)21(29)26-24-13-15-7-4-5-10-18(15)30-14-19(27)25-17-9-6-8-16(22)12-17/h4-10,12-13H,2-3,11,14H2,1H3,(H,23,28)(H,25,27)(H,26,29)/b24-13-. The topological polar surface area (TPSA) is 109 Å². The maximum atomic E-state index is 12.1. The minimum atomic E-state index is -0.860. The predicted molar refractivity (Wildman–Crippen MR) is 116 cm³/mol. The van der Waals surface area contributed by atoms with E-state index in [0.29, 0.717) is 28.6 Å². The number of nitrogens with zero attached hydrogens (tertiary/aromatic N) is 1. The Morgan fingerprint density at radius 1 is 1.10 bits per heavy atom. The van der Waals surface area contributed by atoms with E-state index in [-0.39, 0.29) is 12.5 Å². The Hall–Kier alpha value is -3.39. The summed E-state index contributed by atoms with van der Waals surface area (Å²) in [6, 6.07) is 13.6. The van der Waals surface area contributed by atoms with Crippen molar-refractivity contribution in [2.75, 3.05) is 18.5 Å². The largest absolute Gasteiger partial charge is 0.483 e. The fraction of sp³-hybridized carbons (Fsp3) is 0.238. The average molecular weight is 431 g/mol. The first-order chi connectivity index (χ1) is 14.5. The predicted octanol–water partition coefficient (Wildman–Crippen LogP) is 2.72. The summed E-state index contributed by atoms with van der Waals surface area (Å²) in [5.74, 6) is -1.57. The zero-order chi connectivity index (χ0) is 21.8. The molecule has 158 valence electrons. The van der Waals surface area contributed by atoms with Gasteiger partial charge < -0.3 is 15.4 Å². The highest BCUT2D eigenvalue weighted by Gasteiger charge is 2.11. The summed E-state index contributed by atoms with van der Waals surface area (Å²) in [6.45, 7) is 2.18. The van der Waals surface area contributed by atoms with Gasteiger partial charge in [-0.05, 0) is 36.8 Å². The number of benzene rings is 2. The molecular formula is C21H23ClN4O4. The van der Waals surface area contributed by atoms with E-state index >= 15 is 0 Å². The number of ether oxygens (including phenoxy) is 1. The minimum absolute atomic E-state index is 0.233. The molecule has 30 heavy (non-hydrogen) atoms. The maximum absolute atomic E-state index is 12.1. The number of hydrazone groups is 1. The van der Waals surface area contributed by atoms with Crippen LogP contribution in [-0.4, -0.2) is 37.1 Å². The van der Waals surface area contributed by atoms with Crippen molar-refractivity contribution in [2.45, 2.75) is 19.8 Å². The first-order valence-corrected chi connectivity index (χ1v) is 9.76. The van der Waals surface area contributed by atoms with Gasteiger partial charge in [-0.1, -0.05) is 43.1 Å². The van der Waals surface area contributed by atoms with Gasteiger partial charge in [-0.2, -0.15) is 5.10 Å². The van der Waals surface area contributed by atoms with Crippen molar-refractivity contribution in [3.8, 4) is 5.75 Å². The van der Waals surface area contributed by atoms with Crippen molar-refractivity contribution in [3.63, 3.8) is 0 Å². The molecule has 0 spiro atoms. The SMILES string of the molecule is CCCCNC(=O)C(=O)N/N=C\c1ccccc1OCC(=O)Nc1cccc(Cl)c1. The third-order valence-electron chi connectivity index (χ3n) is 3.78. The molecule has 0 saturated heterocycles. The van der Waals surface area contributed by atoms with E-state index in [9.17, 15) is 14.4 Å². The molecule has 8 nitrogen and oxygen atoms in total. The number of amides is 3. The van der Waals surface area contributed by atoms with E-state index in [1.165, 1.54) is 6.21 Å². The van der Waals surface area contributed by atoms with Gasteiger partial charge >= 0.3 is 11.8 Å². The zero-order valence-corrected chi connectivity index (χ0v) is 17.2. The van der Waals surface area contributed by atoms with E-state index < -0.39 is 11.8 Å². The molecule has 2 aromatic rings. The Morgan fingerprint density at radius 3 is 2.67 bits per heavy atom. The Balaban J connectivity index is 1.87. The van der Waals surface area contributed by atoms with Crippen molar-refractivity contribution >= 4 is 41.2 Å². The molecule has 2 aromatic carbocycles. The van der Waals surface area contributed by atoms with Gasteiger partial charge in [0, 0.05) is 22.8 Å². The average Bonchev–Trinajstić information content (AvgIpc) is 2.73. The maximum Gasteiger partial charge on any atom is 0.329 e. The van der Waals surface area contributed by atoms with Gasteiger partial charge in [0.05, 0.1) is 6.21 Å². The van der Waals surface area contributed by atoms with Crippen LogP contribution in [0.1, 0.15) is 25.3 Å². The number of anilines is 1. The monoisotopic (exact) mass is 430 g/mol. The van der Waals surface area contributed by atoms with Crippen molar-refractivity contribution in [1.82, 2.24) is 10.7 Å². The van der Waals surface area contributed by atoms with Crippen LogP contribution in [0.4, 0.5) is 5.69 Å². The third kappa shape index (κ3) is 7.92. The lowest BCUT2D eigenvalue weighted by molar-refractivity contribution is -0.139. The molecule has 3 N–H and O–H groups in total. The van der Waals surface area contributed by atoms with Crippen LogP contribution >= 0.6 is 11.6 Å². The van der Waals surface area contributed by atoms with E-state index in [0.717, 1.165) is 12.8 Å². The van der Waals surface area contributed by atoms with Crippen molar-refractivity contribution in [2.24, 2.45) is 5.10 Å². The second-order valence-electron chi connectivity index (χ2n) is 6.19. The number of carbonyl (C=O) groups excluding carboxylic acids is 3. The molecule has 0 atom stereocenters. The molecule has 0 aromatic heterocycles. The molecule has 0 unspecified atom stereocenters. The quantitative estimate of drug-likeness (QED) is 0.246. The number of hydrogen-bond donors (Lipinski definition) is 3. The van der Waals surface area contributed by atoms with Crippen LogP contribution in [0.3, 0.4) is 0 Å². The summed E-state index contributed by atoms with van der Waals surface area (Å²) in [6.07, 6.45) is 3.03. The third-order valence-corrected chi connectivity index (χ3v) is 4.01. The summed E-state index contributed by atoms with van der Waals surface area (Å²) < 4.78 is 5.54. The molecule has 3 amide bonds. The van der Waals surface area contributed by atoms with Crippen molar-refractivity contribution < 1.29 is 19.1 Å². The summed E-state index contributed by atoms with van der Waals surface area (Å²) in [5, 5.41) is 9.46. The zero-order valence-electron chi connectivity index (χ0n) is 16.5. The Bertz CT molecular complexity index is 917. The van der Waals surface area contributed by atoms with Crippen LogP contribution in [0, 0.1) is 0 Å². The van der Waals surface area contributed by atoms with Gasteiger partial charge in [-0.15, -0.1) is 0 Å². The van der Waals surface area contributed by atoms with Gasteiger partial charge in [-0.25, -0.2) is 5.43 Å². The van der Waals surface area contributed by atoms with Crippen LogP contribution in [0.15, 0.2) is 53.6 Å². The number of halogens is 1. The molecule has 0 saturated carbocycles. The van der Waals surface area contributed by atoms with Crippen LogP contribution < -0.4 is 20.8 Å². The lowest BCUT2D eigenvalue weighted by atomic mass is 10.2. The summed E-state index contributed by atoms with van der Waals surface area (Å²) in [5.41, 5.74) is 3.25. The van der Waals surface area contributed by atoms with Gasteiger partial charge in [0.2, 0.25) is 0 Å². The lowest BCUT2D eigenvalue weighted by Gasteiger charge is -2.09. The number of nitrogens with one attached hydrogen (secondary N) is 3. The van der Waals surface area contributed by atoms with Crippen LogP contribution in [0.2, 0.25) is 5.02 Å². The summed E-state index contributed by atoms with van der Waals surface area (Å²) >= 11 is 5.89. The number of unbranched alkanes of at least 4 members (excludes halogenated alkanes) is 1. The molecule has 0 bridgehead atoms. The van der Waals surface area contributed by atoms with Gasteiger partial charge in [0.1, 0.15) is 5.75 Å². The van der Waals surface area contributed by atoms with Crippen molar-refractivity contribution in [3.05, 3.63) is 59.1 Å². The summed E-state index contributed by atoms with van der Waals surface area (Å²) in [4.78, 5) is 35.4. The molecule has 9 heteroatoms. The van der Waals surface area contributed by atoms with Crippen LogP contribution in [0.5, 0.6) is 5.75 Å². The van der Waals surface area contributed by atoms with Crippen LogP contribution in [-0.2, 0) is 14.4 Å². The van der Waals surface area contributed by atoms with Crippen LogP contribution in [0.25, 0.3) is 0 Å². The molecule has 2 rings (SSSR count). The highest BCUT2D eigenvalue weighted by molar-refractivity contribution is 6.35. The molecular weight excluding hydrogens is 408 g/mol. The Labute approximate surface area is 179 Å². The van der Waals surface area contributed by atoms with Gasteiger partial charge in [0.25, 0.3) is 5.91 Å². The number of carbonyl (C=O) groups is 3. The second kappa shape index (κ2) is 12.2. The molecule has 0 heterocycles. The molecule has 0 aliphatic carbocycles. The number of para-hydroxylation sites is 1. The number of hydrogen-bond acceptors (Lipinski definition) is 5. The fourth-order valence-electron chi connectivity index (χ4n) is 2.30. The van der Waals surface area contributed by atoms with E-state index in [2.05, 4.69) is 21.2 Å². The molecule has 0 radical (unpaired) electrons. The highest BCUT2D eigenvalue weighted by atomic mass is 35.5. The fourth-order valence-corrected chi connectivity index (χ4v) is 2.49. The normalized spacial score (nSPS) is 10.5. The van der Waals surface area contributed by atoms with E-state index in [4.69, 9.17) is 16.3 Å². The molecule has 0 aliphatic rings. The highest BCUT2D eigenvalue weighted by Crippen LogP contribution is 2.17. The smallest absolute Gasteiger partial charge is 0.329 e.